The van der Waals surface area contributed by atoms with Gasteiger partial charge in [0.1, 0.15) is 0 Å². The molecule has 0 fully saturated rings. The normalized spacial score (nSPS) is 10.2. The quantitative estimate of drug-likeness (QED) is 0.480. The van der Waals surface area contributed by atoms with Crippen molar-refractivity contribution in [2.45, 2.75) is 6.42 Å². The summed E-state index contributed by atoms with van der Waals surface area (Å²) in [4.78, 5) is 26.0. The number of halogens is 1. The van der Waals surface area contributed by atoms with E-state index < -0.39 is 0 Å². The summed E-state index contributed by atoms with van der Waals surface area (Å²) >= 11 is 2.11. The molecule has 132 valence electrons. The van der Waals surface area contributed by atoms with Crippen LogP contribution in [-0.2, 0) is 4.79 Å². The number of hydrogen-bond acceptors (Lipinski definition) is 3. The van der Waals surface area contributed by atoms with Crippen molar-refractivity contribution in [1.82, 2.24) is 10.6 Å². The minimum absolute atomic E-state index is 0.0155. The van der Waals surface area contributed by atoms with Gasteiger partial charge in [-0.05, 0) is 53.3 Å². The molecule has 0 aliphatic rings. The largest absolute Gasteiger partial charge is 0.375 e. The Hall–Kier alpha value is -2.09. The average Bonchev–Trinajstić information content (AvgIpc) is 2.64. The first-order valence-corrected chi connectivity index (χ1v) is 9.21. The molecule has 0 bridgehead atoms. The maximum atomic E-state index is 12.0. The third kappa shape index (κ3) is 6.38. The molecule has 2 aromatic carbocycles. The van der Waals surface area contributed by atoms with Crippen LogP contribution in [0, 0.1) is 3.57 Å². The van der Waals surface area contributed by atoms with Gasteiger partial charge in [-0.2, -0.15) is 0 Å². The van der Waals surface area contributed by atoms with E-state index in [2.05, 4.69) is 50.3 Å². The van der Waals surface area contributed by atoms with Crippen LogP contribution in [0.3, 0.4) is 0 Å². The van der Waals surface area contributed by atoms with E-state index in [9.17, 15) is 9.59 Å². The molecule has 0 heterocycles. The van der Waals surface area contributed by atoms with Crippen LogP contribution in [0.2, 0.25) is 0 Å². The Labute approximate surface area is 161 Å². The molecule has 25 heavy (non-hydrogen) atoms. The molecule has 2 N–H and O–H groups in total. The topological polar surface area (TPSA) is 61.4 Å². The van der Waals surface area contributed by atoms with Gasteiger partial charge in [0.15, 0.2) is 0 Å². The number of para-hydroxylation sites is 1. The Morgan fingerprint density at radius 1 is 1.00 bits per heavy atom. The minimum atomic E-state index is -0.232. The standard InChI is InChI=1S/C19H22IN3O2/c1-23(15-8-3-2-4-9-15)13-7-12-21-18(24)14-22-19(25)16-10-5-6-11-17(16)20/h2-6,8-11H,7,12-14H2,1H3,(H,21,24)(H,22,25). The molecule has 2 rings (SSSR count). The van der Waals surface area contributed by atoms with Crippen molar-refractivity contribution in [2.24, 2.45) is 0 Å². The highest BCUT2D eigenvalue weighted by molar-refractivity contribution is 14.1. The van der Waals surface area contributed by atoms with Gasteiger partial charge in [0.05, 0.1) is 12.1 Å². The van der Waals surface area contributed by atoms with Crippen LogP contribution in [0.25, 0.3) is 0 Å². The van der Waals surface area contributed by atoms with E-state index in [1.807, 2.05) is 37.4 Å². The van der Waals surface area contributed by atoms with E-state index in [0.29, 0.717) is 12.1 Å². The third-order valence-corrected chi connectivity index (χ3v) is 4.66. The Bertz CT molecular complexity index is 707. The Morgan fingerprint density at radius 3 is 2.40 bits per heavy atom. The molecule has 5 nitrogen and oxygen atoms in total. The van der Waals surface area contributed by atoms with Gasteiger partial charge in [-0.1, -0.05) is 30.3 Å². The number of nitrogens with zero attached hydrogens (tertiary/aromatic N) is 1. The lowest BCUT2D eigenvalue weighted by atomic mass is 10.2. The highest BCUT2D eigenvalue weighted by Crippen LogP contribution is 2.11. The second-order valence-electron chi connectivity index (χ2n) is 5.62. The van der Waals surface area contributed by atoms with Gasteiger partial charge in [-0.15, -0.1) is 0 Å². The maximum Gasteiger partial charge on any atom is 0.252 e. The van der Waals surface area contributed by atoms with Gasteiger partial charge in [-0.3, -0.25) is 9.59 Å². The lowest BCUT2D eigenvalue weighted by Crippen LogP contribution is -2.38. The van der Waals surface area contributed by atoms with E-state index in [-0.39, 0.29) is 18.4 Å². The summed E-state index contributed by atoms with van der Waals surface area (Å²) in [6.45, 7) is 1.41. The summed E-state index contributed by atoms with van der Waals surface area (Å²) < 4.78 is 0.863. The Balaban J connectivity index is 1.64. The van der Waals surface area contributed by atoms with Crippen molar-refractivity contribution in [3.05, 3.63) is 63.7 Å². The molecule has 0 radical (unpaired) electrons. The highest BCUT2D eigenvalue weighted by atomic mass is 127. The van der Waals surface area contributed by atoms with Crippen LogP contribution in [0.15, 0.2) is 54.6 Å². The van der Waals surface area contributed by atoms with Crippen molar-refractivity contribution >= 4 is 40.1 Å². The van der Waals surface area contributed by atoms with E-state index in [1.165, 1.54) is 0 Å². The summed E-state index contributed by atoms with van der Waals surface area (Å²) in [5.74, 6) is -0.411. The van der Waals surface area contributed by atoms with Gasteiger partial charge in [-0.25, -0.2) is 0 Å². The zero-order valence-corrected chi connectivity index (χ0v) is 16.3. The third-order valence-electron chi connectivity index (χ3n) is 3.72. The fourth-order valence-corrected chi connectivity index (χ4v) is 2.95. The Kier molecular flexibility index (Phi) is 7.72. The smallest absolute Gasteiger partial charge is 0.252 e. The molecule has 0 aliphatic carbocycles. The summed E-state index contributed by atoms with van der Waals surface area (Å²) in [5.41, 5.74) is 1.74. The van der Waals surface area contributed by atoms with E-state index in [4.69, 9.17) is 0 Å². The molecule has 0 saturated carbocycles. The number of anilines is 1. The molecule has 2 aromatic rings. The number of hydrogen-bond donors (Lipinski definition) is 2. The van der Waals surface area contributed by atoms with Crippen LogP contribution in [0.4, 0.5) is 5.69 Å². The van der Waals surface area contributed by atoms with Gasteiger partial charge in [0.25, 0.3) is 5.91 Å². The van der Waals surface area contributed by atoms with Crippen molar-refractivity contribution in [3.63, 3.8) is 0 Å². The number of nitrogens with one attached hydrogen (secondary N) is 2. The lowest BCUT2D eigenvalue weighted by Gasteiger charge is -2.19. The van der Waals surface area contributed by atoms with E-state index in [0.717, 1.165) is 22.2 Å². The van der Waals surface area contributed by atoms with E-state index >= 15 is 0 Å². The SMILES string of the molecule is CN(CCCNC(=O)CNC(=O)c1ccccc1I)c1ccccc1. The number of carbonyl (C=O) groups is 2. The zero-order chi connectivity index (χ0) is 18.1. The Morgan fingerprint density at radius 2 is 1.68 bits per heavy atom. The van der Waals surface area contributed by atoms with Gasteiger partial charge >= 0.3 is 0 Å². The predicted molar refractivity (Wildman–Crippen MR) is 109 cm³/mol. The first-order valence-electron chi connectivity index (χ1n) is 8.13. The monoisotopic (exact) mass is 451 g/mol. The van der Waals surface area contributed by atoms with Crippen LogP contribution in [0.1, 0.15) is 16.8 Å². The van der Waals surface area contributed by atoms with Crippen molar-refractivity contribution in [1.29, 1.82) is 0 Å². The summed E-state index contributed by atoms with van der Waals surface area (Å²) in [6.07, 6.45) is 0.835. The summed E-state index contributed by atoms with van der Waals surface area (Å²) in [6, 6.07) is 17.4. The molecule has 0 saturated heterocycles. The first-order chi connectivity index (χ1) is 12.1. The van der Waals surface area contributed by atoms with Gasteiger partial charge < -0.3 is 15.5 Å². The second kappa shape index (κ2) is 10.0. The number of rotatable bonds is 8. The zero-order valence-electron chi connectivity index (χ0n) is 14.2. The number of benzene rings is 2. The minimum Gasteiger partial charge on any atom is -0.375 e. The molecule has 0 spiro atoms. The maximum absolute atomic E-state index is 12.0. The fraction of sp³-hybridized carbons (Fsp3) is 0.263. The molecular weight excluding hydrogens is 429 g/mol. The molecule has 0 unspecified atom stereocenters. The fourth-order valence-electron chi connectivity index (χ4n) is 2.32. The van der Waals surface area contributed by atoms with Crippen LogP contribution in [0.5, 0.6) is 0 Å². The molecule has 0 aromatic heterocycles. The van der Waals surface area contributed by atoms with Crippen LogP contribution >= 0.6 is 22.6 Å². The predicted octanol–water partition coefficient (Wildman–Crippen LogP) is 2.66. The summed E-state index contributed by atoms with van der Waals surface area (Å²) in [7, 11) is 2.03. The molecular formula is C19H22IN3O2. The van der Waals surface area contributed by atoms with Crippen molar-refractivity contribution < 1.29 is 9.59 Å². The lowest BCUT2D eigenvalue weighted by molar-refractivity contribution is -0.120. The molecule has 2 amide bonds. The second-order valence-corrected chi connectivity index (χ2v) is 6.79. The first kappa shape index (κ1) is 19.2. The number of amides is 2. The van der Waals surface area contributed by atoms with Crippen LogP contribution < -0.4 is 15.5 Å². The van der Waals surface area contributed by atoms with Crippen molar-refractivity contribution in [3.8, 4) is 0 Å². The molecule has 6 heteroatoms. The molecule has 0 atom stereocenters. The number of carbonyl (C=O) groups excluding carboxylic acids is 2. The van der Waals surface area contributed by atoms with Crippen LogP contribution in [-0.4, -0.2) is 38.5 Å². The molecule has 0 aliphatic heterocycles. The van der Waals surface area contributed by atoms with E-state index in [1.54, 1.807) is 12.1 Å². The average molecular weight is 451 g/mol. The highest BCUT2D eigenvalue weighted by Gasteiger charge is 2.10. The van der Waals surface area contributed by atoms with Gasteiger partial charge in [0, 0.05) is 29.4 Å². The summed E-state index contributed by atoms with van der Waals surface area (Å²) in [5, 5.41) is 5.48. The van der Waals surface area contributed by atoms with Gasteiger partial charge in [0.2, 0.25) is 5.91 Å². The van der Waals surface area contributed by atoms with Crippen molar-refractivity contribution in [2.75, 3.05) is 31.6 Å².